The Bertz CT molecular complexity index is 157. The minimum Gasteiger partial charge on any atom is -0.393 e. The normalized spacial score (nSPS) is 13.7. The van der Waals surface area contributed by atoms with Crippen molar-refractivity contribution in [3.05, 3.63) is 23.8 Å². The van der Waals surface area contributed by atoms with Gasteiger partial charge in [-0.1, -0.05) is 44.6 Å². The second-order valence-corrected chi connectivity index (χ2v) is 2.96. The molecule has 0 bridgehead atoms. The summed E-state index contributed by atoms with van der Waals surface area (Å²) < 4.78 is 0. The van der Waals surface area contributed by atoms with Crippen LogP contribution >= 0.6 is 0 Å². The van der Waals surface area contributed by atoms with Crippen molar-refractivity contribution in [2.24, 2.45) is 0 Å². The summed E-state index contributed by atoms with van der Waals surface area (Å²) in [5.41, 5.74) is 1.31. The highest BCUT2D eigenvalue weighted by Gasteiger charge is 2.00. The quantitative estimate of drug-likeness (QED) is 0.660. The molecule has 0 aliphatic rings. The van der Waals surface area contributed by atoms with E-state index in [2.05, 4.69) is 12.2 Å². The van der Waals surface area contributed by atoms with Crippen molar-refractivity contribution in [2.75, 3.05) is 0 Å². The summed E-state index contributed by atoms with van der Waals surface area (Å²) in [6.07, 6.45) is 8.81. The summed E-state index contributed by atoms with van der Waals surface area (Å²) in [5.74, 6) is 0. The molecule has 0 aromatic carbocycles. The number of hydrogen-bond donors (Lipinski definition) is 1. The third-order valence-corrected chi connectivity index (χ3v) is 1.99. The Morgan fingerprint density at radius 1 is 1.29 bits per heavy atom. The Balaban J connectivity index is 0. The van der Waals surface area contributed by atoms with Crippen LogP contribution in [0.25, 0.3) is 0 Å². The van der Waals surface area contributed by atoms with Crippen LogP contribution in [0.3, 0.4) is 0 Å². The van der Waals surface area contributed by atoms with E-state index < -0.39 is 0 Å². The van der Waals surface area contributed by atoms with Crippen LogP contribution in [0.1, 0.15) is 53.9 Å². The van der Waals surface area contributed by atoms with Gasteiger partial charge in [0, 0.05) is 0 Å². The van der Waals surface area contributed by atoms with Gasteiger partial charge in [-0.15, -0.1) is 0 Å². The van der Waals surface area contributed by atoms with E-state index in [1.807, 2.05) is 40.7 Å². The predicted octanol–water partition coefficient (Wildman–Crippen LogP) is 4.09. The Kier molecular flexibility index (Phi) is 14.1. The molecule has 0 heterocycles. The average Bonchev–Trinajstić information content (AvgIpc) is 2.26. The lowest BCUT2D eigenvalue weighted by atomic mass is 10.1. The zero-order chi connectivity index (χ0) is 11.4. The maximum Gasteiger partial charge on any atom is 0.0540 e. The van der Waals surface area contributed by atoms with Gasteiger partial charge in [0.05, 0.1) is 6.10 Å². The molecule has 0 radical (unpaired) electrons. The molecule has 0 spiro atoms. The summed E-state index contributed by atoms with van der Waals surface area (Å²) in [4.78, 5) is 0. The molecule has 1 atom stereocenters. The fourth-order valence-corrected chi connectivity index (χ4v) is 1.08. The average molecular weight is 198 g/mol. The SMILES string of the molecule is C/C=C\C(=C/C)CCC(O)CC.CC. The molecular formula is C13H26O. The van der Waals surface area contributed by atoms with Crippen LogP contribution in [0.5, 0.6) is 0 Å². The maximum atomic E-state index is 9.32. The van der Waals surface area contributed by atoms with Gasteiger partial charge in [-0.2, -0.15) is 0 Å². The molecule has 0 aliphatic carbocycles. The lowest BCUT2D eigenvalue weighted by Gasteiger charge is -2.07. The number of hydrogen-bond acceptors (Lipinski definition) is 1. The first kappa shape index (κ1) is 15.9. The van der Waals surface area contributed by atoms with Crippen LogP contribution in [-0.2, 0) is 0 Å². The van der Waals surface area contributed by atoms with E-state index >= 15 is 0 Å². The molecule has 1 N–H and O–H groups in total. The van der Waals surface area contributed by atoms with Crippen LogP contribution < -0.4 is 0 Å². The number of aliphatic hydroxyl groups excluding tert-OH is 1. The van der Waals surface area contributed by atoms with Gasteiger partial charge in [-0.25, -0.2) is 0 Å². The molecule has 14 heavy (non-hydrogen) atoms. The molecule has 1 unspecified atom stereocenters. The molecule has 0 rings (SSSR count). The van der Waals surface area contributed by atoms with Gasteiger partial charge < -0.3 is 5.11 Å². The van der Waals surface area contributed by atoms with E-state index in [4.69, 9.17) is 0 Å². The largest absolute Gasteiger partial charge is 0.393 e. The molecule has 0 aromatic heterocycles. The lowest BCUT2D eigenvalue weighted by molar-refractivity contribution is 0.161. The van der Waals surface area contributed by atoms with Crippen LogP contribution in [0.4, 0.5) is 0 Å². The first-order chi connectivity index (χ1) is 6.74. The summed E-state index contributed by atoms with van der Waals surface area (Å²) in [5, 5.41) is 9.32. The third kappa shape index (κ3) is 9.53. The Hall–Kier alpha value is -0.560. The second-order valence-electron chi connectivity index (χ2n) is 2.96. The Labute approximate surface area is 89.5 Å². The van der Waals surface area contributed by atoms with Crippen molar-refractivity contribution >= 4 is 0 Å². The van der Waals surface area contributed by atoms with Crippen LogP contribution in [0, 0.1) is 0 Å². The molecule has 0 fully saturated rings. The van der Waals surface area contributed by atoms with Crippen molar-refractivity contribution in [1.82, 2.24) is 0 Å². The Morgan fingerprint density at radius 3 is 2.21 bits per heavy atom. The van der Waals surface area contributed by atoms with E-state index in [1.165, 1.54) is 5.57 Å². The van der Waals surface area contributed by atoms with Gasteiger partial charge in [0.25, 0.3) is 0 Å². The van der Waals surface area contributed by atoms with Crippen molar-refractivity contribution < 1.29 is 5.11 Å². The van der Waals surface area contributed by atoms with Gasteiger partial charge >= 0.3 is 0 Å². The van der Waals surface area contributed by atoms with Crippen LogP contribution in [-0.4, -0.2) is 11.2 Å². The first-order valence-corrected chi connectivity index (χ1v) is 5.70. The summed E-state index contributed by atoms with van der Waals surface area (Å²) >= 11 is 0. The van der Waals surface area contributed by atoms with Crippen LogP contribution in [0.2, 0.25) is 0 Å². The molecule has 1 nitrogen and oxygen atoms in total. The monoisotopic (exact) mass is 198 g/mol. The van der Waals surface area contributed by atoms with E-state index in [9.17, 15) is 5.11 Å². The highest BCUT2D eigenvalue weighted by Crippen LogP contribution is 2.10. The van der Waals surface area contributed by atoms with Gasteiger partial charge in [-0.3, -0.25) is 0 Å². The van der Waals surface area contributed by atoms with Gasteiger partial charge in [0.1, 0.15) is 0 Å². The van der Waals surface area contributed by atoms with Crippen LogP contribution in [0.15, 0.2) is 23.8 Å². The fourth-order valence-electron chi connectivity index (χ4n) is 1.08. The minimum atomic E-state index is -0.134. The molecule has 1 heteroatoms. The molecule has 0 aliphatic heterocycles. The van der Waals surface area contributed by atoms with Gasteiger partial charge in [-0.05, 0) is 33.1 Å². The molecule has 0 aromatic rings. The predicted molar refractivity (Wildman–Crippen MR) is 65.5 cm³/mol. The molecule has 0 saturated carbocycles. The summed E-state index contributed by atoms with van der Waals surface area (Å²) in [7, 11) is 0. The fraction of sp³-hybridized carbons (Fsp3) is 0.692. The number of allylic oxidation sites excluding steroid dienone is 4. The summed E-state index contributed by atoms with van der Waals surface area (Å²) in [6.45, 7) is 10.1. The van der Waals surface area contributed by atoms with Gasteiger partial charge in [0.15, 0.2) is 0 Å². The number of aliphatic hydroxyl groups is 1. The summed E-state index contributed by atoms with van der Waals surface area (Å²) in [6, 6.07) is 0. The highest BCUT2D eigenvalue weighted by molar-refractivity contribution is 5.17. The zero-order valence-electron chi connectivity index (χ0n) is 10.4. The standard InChI is InChI=1S/C11H20O.C2H6/c1-4-7-10(5-2)8-9-11(12)6-3;1-2/h4-5,7,11-12H,6,8-9H2,1-3H3;1-2H3/b7-4-,10-5+;. The van der Waals surface area contributed by atoms with E-state index in [0.717, 1.165) is 19.3 Å². The molecule has 0 saturated heterocycles. The van der Waals surface area contributed by atoms with E-state index in [0.29, 0.717) is 0 Å². The first-order valence-electron chi connectivity index (χ1n) is 5.70. The van der Waals surface area contributed by atoms with Crippen molar-refractivity contribution in [1.29, 1.82) is 0 Å². The second kappa shape index (κ2) is 12.4. The third-order valence-electron chi connectivity index (χ3n) is 1.99. The zero-order valence-corrected chi connectivity index (χ0v) is 10.4. The topological polar surface area (TPSA) is 20.2 Å². The lowest BCUT2D eigenvalue weighted by Crippen LogP contribution is -2.03. The maximum absolute atomic E-state index is 9.32. The smallest absolute Gasteiger partial charge is 0.0540 e. The number of rotatable bonds is 5. The van der Waals surface area contributed by atoms with E-state index in [1.54, 1.807) is 0 Å². The van der Waals surface area contributed by atoms with E-state index in [-0.39, 0.29) is 6.10 Å². The van der Waals surface area contributed by atoms with Crippen molar-refractivity contribution in [3.63, 3.8) is 0 Å². The highest BCUT2D eigenvalue weighted by atomic mass is 16.3. The minimum absolute atomic E-state index is 0.134. The van der Waals surface area contributed by atoms with Crippen molar-refractivity contribution in [2.45, 2.75) is 60.0 Å². The van der Waals surface area contributed by atoms with Gasteiger partial charge in [0.2, 0.25) is 0 Å². The molecule has 84 valence electrons. The Morgan fingerprint density at radius 2 is 1.86 bits per heavy atom. The molecular weight excluding hydrogens is 172 g/mol. The van der Waals surface area contributed by atoms with Crippen molar-refractivity contribution in [3.8, 4) is 0 Å². The molecule has 0 amide bonds.